The molecule has 2 aromatic rings. The standard InChI is InChI=1S/C11H12FN3O2S/c1-8-13-7-11(15-8)18(16,17)14-6-9-3-2-4-10(12)5-9/h2-5,7,14H,6H2,1H3,(H,13,15). The van der Waals surface area contributed by atoms with Gasteiger partial charge in [-0.15, -0.1) is 0 Å². The Morgan fingerprint density at radius 1 is 1.44 bits per heavy atom. The van der Waals surface area contributed by atoms with Crippen LogP contribution in [0.1, 0.15) is 11.4 Å². The van der Waals surface area contributed by atoms with Crippen molar-refractivity contribution in [3.8, 4) is 0 Å². The van der Waals surface area contributed by atoms with Gasteiger partial charge in [-0.1, -0.05) is 12.1 Å². The molecule has 0 unspecified atom stereocenters. The van der Waals surface area contributed by atoms with Crippen LogP contribution in [0, 0.1) is 12.7 Å². The largest absolute Gasteiger partial charge is 0.332 e. The van der Waals surface area contributed by atoms with Crippen molar-refractivity contribution in [2.24, 2.45) is 0 Å². The van der Waals surface area contributed by atoms with E-state index in [1.165, 1.54) is 24.4 Å². The number of nitrogens with zero attached hydrogens (tertiary/aromatic N) is 1. The first kappa shape index (κ1) is 12.7. The SMILES string of the molecule is Cc1ncc(S(=O)(=O)NCc2cccc(F)c2)[nH]1. The first-order chi connectivity index (χ1) is 8.47. The second-order valence-corrected chi connectivity index (χ2v) is 5.52. The number of H-pyrrole nitrogens is 1. The topological polar surface area (TPSA) is 74.8 Å². The first-order valence-corrected chi connectivity index (χ1v) is 6.71. The summed E-state index contributed by atoms with van der Waals surface area (Å²) in [5.74, 6) is 0.116. The van der Waals surface area contributed by atoms with Crippen molar-refractivity contribution in [1.82, 2.24) is 14.7 Å². The predicted octanol–water partition coefficient (Wildman–Crippen LogP) is 1.34. The number of imidazole rings is 1. The summed E-state index contributed by atoms with van der Waals surface area (Å²) in [7, 11) is -3.64. The van der Waals surface area contributed by atoms with E-state index in [9.17, 15) is 12.8 Å². The third-order valence-electron chi connectivity index (χ3n) is 2.32. The molecule has 2 rings (SSSR count). The van der Waals surface area contributed by atoms with E-state index in [1.54, 1.807) is 13.0 Å². The molecule has 2 N–H and O–H groups in total. The van der Waals surface area contributed by atoms with Crippen molar-refractivity contribution in [1.29, 1.82) is 0 Å². The fraction of sp³-hybridized carbons (Fsp3) is 0.182. The second kappa shape index (κ2) is 4.87. The lowest BCUT2D eigenvalue weighted by Gasteiger charge is -2.04. The van der Waals surface area contributed by atoms with Crippen LogP contribution in [0.3, 0.4) is 0 Å². The van der Waals surface area contributed by atoms with Gasteiger partial charge in [0.05, 0.1) is 6.20 Å². The fourth-order valence-corrected chi connectivity index (χ4v) is 2.42. The highest BCUT2D eigenvalue weighted by Gasteiger charge is 2.15. The van der Waals surface area contributed by atoms with Crippen LogP contribution in [0.2, 0.25) is 0 Å². The quantitative estimate of drug-likeness (QED) is 0.879. The molecule has 0 saturated carbocycles. The number of aryl methyl sites for hydroxylation is 1. The van der Waals surface area contributed by atoms with Gasteiger partial charge in [0.1, 0.15) is 11.6 Å². The number of hydrogen-bond donors (Lipinski definition) is 2. The molecule has 0 spiro atoms. The van der Waals surface area contributed by atoms with Gasteiger partial charge in [-0.05, 0) is 24.6 Å². The maximum Gasteiger partial charge on any atom is 0.257 e. The molecule has 0 saturated heterocycles. The molecule has 5 nitrogen and oxygen atoms in total. The Labute approximate surface area is 104 Å². The molecule has 0 aliphatic heterocycles. The van der Waals surface area contributed by atoms with Crippen LogP contribution in [-0.4, -0.2) is 18.4 Å². The molecule has 0 atom stereocenters. The second-order valence-electron chi connectivity index (χ2n) is 3.79. The van der Waals surface area contributed by atoms with Gasteiger partial charge in [0, 0.05) is 6.54 Å². The number of hydrogen-bond acceptors (Lipinski definition) is 3. The van der Waals surface area contributed by atoms with Crippen LogP contribution < -0.4 is 4.72 Å². The van der Waals surface area contributed by atoms with Crippen LogP contribution in [0.15, 0.2) is 35.5 Å². The van der Waals surface area contributed by atoms with E-state index in [0.717, 1.165) is 0 Å². The lowest BCUT2D eigenvalue weighted by atomic mass is 10.2. The van der Waals surface area contributed by atoms with Crippen LogP contribution in [0.25, 0.3) is 0 Å². The molecule has 1 heterocycles. The van der Waals surface area contributed by atoms with Crippen LogP contribution in [0.4, 0.5) is 4.39 Å². The molecule has 0 aliphatic carbocycles. The average Bonchev–Trinajstić information content (AvgIpc) is 2.74. The van der Waals surface area contributed by atoms with Crippen molar-refractivity contribution in [2.75, 3.05) is 0 Å². The molecule has 18 heavy (non-hydrogen) atoms. The molecular weight excluding hydrogens is 257 g/mol. The van der Waals surface area contributed by atoms with E-state index in [1.807, 2.05) is 0 Å². The van der Waals surface area contributed by atoms with Gasteiger partial charge < -0.3 is 4.98 Å². The smallest absolute Gasteiger partial charge is 0.257 e. The predicted molar refractivity (Wildman–Crippen MR) is 63.8 cm³/mol. The summed E-state index contributed by atoms with van der Waals surface area (Å²) >= 11 is 0. The minimum absolute atomic E-state index is 0.00333. The fourth-order valence-electron chi connectivity index (χ4n) is 1.44. The van der Waals surface area contributed by atoms with E-state index < -0.39 is 15.8 Å². The van der Waals surface area contributed by atoms with Gasteiger partial charge in [0.15, 0.2) is 5.03 Å². The summed E-state index contributed by atoms with van der Waals surface area (Å²) in [4.78, 5) is 6.45. The average molecular weight is 269 g/mol. The molecule has 0 radical (unpaired) electrons. The summed E-state index contributed by atoms with van der Waals surface area (Å²) in [6.45, 7) is 1.68. The number of sulfonamides is 1. The number of aromatic amines is 1. The summed E-state index contributed by atoms with van der Waals surface area (Å²) < 4.78 is 38.9. The number of aromatic nitrogens is 2. The zero-order chi connectivity index (χ0) is 13.2. The van der Waals surface area contributed by atoms with E-state index in [2.05, 4.69) is 14.7 Å². The zero-order valence-electron chi connectivity index (χ0n) is 9.64. The Kier molecular flexibility index (Phi) is 3.44. The van der Waals surface area contributed by atoms with Gasteiger partial charge >= 0.3 is 0 Å². The number of rotatable bonds is 4. The zero-order valence-corrected chi connectivity index (χ0v) is 10.5. The van der Waals surface area contributed by atoms with Crippen molar-refractivity contribution >= 4 is 10.0 Å². The molecule has 0 bridgehead atoms. The highest BCUT2D eigenvalue weighted by atomic mass is 32.2. The molecule has 0 amide bonds. The van der Waals surface area contributed by atoms with E-state index in [-0.39, 0.29) is 11.6 Å². The minimum Gasteiger partial charge on any atom is -0.332 e. The Morgan fingerprint density at radius 2 is 2.22 bits per heavy atom. The van der Waals surface area contributed by atoms with Gasteiger partial charge in [0.2, 0.25) is 0 Å². The minimum atomic E-state index is -3.64. The maximum absolute atomic E-state index is 12.9. The number of halogens is 1. The number of benzene rings is 1. The van der Waals surface area contributed by atoms with Crippen LogP contribution in [-0.2, 0) is 16.6 Å². The monoisotopic (exact) mass is 269 g/mol. The summed E-state index contributed by atoms with van der Waals surface area (Å²) in [6, 6.07) is 5.75. The van der Waals surface area contributed by atoms with E-state index in [4.69, 9.17) is 0 Å². The molecule has 0 fully saturated rings. The molecule has 7 heteroatoms. The maximum atomic E-state index is 12.9. The van der Waals surface area contributed by atoms with Crippen LogP contribution in [0.5, 0.6) is 0 Å². The summed E-state index contributed by atoms with van der Waals surface area (Å²) in [6.07, 6.45) is 1.24. The summed E-state index contributed by atoms with van der Waals surface area (Å²) in [5, 5.41) is -0.00333. The highest BCUT2D eigenvalue weighted by molar-refractivity contribution is 7.89. The molecule has 0 aliphatic rings. The molecular formula is C11H12FN3O2S. The van der Waals surface area contributed by atoms with Crippen molar-refractivity contribution in [3.63, 3.8) is 0 Å². The van der Waals surface area contributed by atoms with Crippen molar-refractivity contribution in [2.45, 2.75) is 18.5 Å². The van der Waals surface area contributed by atoms with Crippen molar-refractivity contribution < 1.29 is 12.8 Å². The Bertz CT molecular complexity index is 652. The molecule has 96 valence electrons. The Balaban J connectivity index is 2.10. The van der Waals surface area contributed by atoms with Gasteiger partial charge in [-0.25, -0.2) is 22.5 Å². The van der Waals surface area contributed by atoms with E-state index >= 15 is 0 Å². The van der Waals surface area contributed by atoms with Crippen molar-refractivity contribution in [3.05, 3.63) is 47.7 Å². The first-order valence-electron chi connectivity index (χ1n) is 5.23. The molecule has 1 aromatic heterocycles. The molecule has 1 aromatic carbocycles. The van der Waals surface area contributed by atoms with E-state index in [0.29, 0.717) is 11.4 Å². The Morgan fingerprint density at radius 3 is 2.83 bits per heavy atom. The van der Waals surface area contributed by atoms with Crippen LogP contribution >= 0.6 is 0 Å². The summed E-state index contributed by atoms with van der Waals surface area (Å²) in [5.41, 5.74) is 0.551. The van der Waals surface area contributed by atoms with Gasteiger partial charge in [-0.3, -0.25) is 0 Å². The van der Waals surface area contributed by atoms with Gasteiger partial charge in [0.25, 0.3) is 10.0 Å². The third-order valence-corrected chi connectivity index (χ3v) is 3.64. The third kappa shape index (κ3) is 2.93. The number of nitrogens with one attached hydrogen (secondary N) is 2. The Hall–Kier alpha value is -1.73. The normalized spacial score (nSPS) is 11.7. The van der Waals surface area contributed by atoms with Gasteiger partial charge in [-0.2, -0.15) is 0 Å². The lowest BCUT2D eigenvalue weighted by molar-refractivity contribution is 0.577. The lowest BCUT2D eigenvalue weighted by Crippen LogP contribution is -2.23. The highest BCUT2D eigenvalue weighted by Crippen LogP contribution is 2.07.